The standard InChI is InChI=1S/C14H18BrClN2/c15-13-7-10(16)1-4-12(13)14-9(8-17)5-6-18(14)11-2-3-11/h1,4,7,9,11,14H,2-3,5-6,8,17H2. The lowest BCUT2D eigenvalue weighted by Gasteiger charge is -2.29. The van der Waals surface area contributed by atoms with E-state index in [0.29, 0.717) is 12.0 Å². The van der Waals surface area contributed by atoms with Gasteiger partial charge in [0.05, 0.1) is 0 Å². The fourth-order valence-corrected chi connectivity index (χ4v) is 4.04. The molecule has 1 saturated carbocycles. The number of benzene rings is 1. The molecule has 2 atom stereocenters. The average Bonchev–Trinajstić information content (AvgIpc) is 3.10. The van der Waals surface area contributed by atoms with Crippen molar-refractivity contribution < 1.29 is 0 Å². The van der Waals surface area contributed by atoms with Crippen molar-refractivity contribution in [2.24, 2.45) is 11.7 Å². The second kappa shape index (κ2) is 5.12. The maximum absolute atomic E-state index is 6.04. The zero-order valence-corrected chi connectivity index (χ0v) is 12.6. The van der Waals surface area contributed by atoms with Gasteiger partial charge in [-0.25, -0.2) is 0 Å². The van der Waals surface area contributed by atoms with E-state index in [1.807, 2.05) is 12.1 Å². The maximum atomic E-state index is 6.04. The third-order valence-electron chi connectivity index (χ3n) is 4.16. The van der Waals surface area contributed by atoms with Crippen LogP contribution in [0.4, 0.5) is 0 Å². The van der Waals surface area contributed by atoms with Gasteiger partial charge >= 0.3 is 0 Å². The van der Waals surface area contributed by atoms with Crippen LogP contribution in [-0.2, 0) is 0 Å². The highest BCUT2D eigenvalue weighted by Gasteiger charge is 2.42. The Balaban J connectivity index is 1.94. The minimum Gasteiger partial charge on any atom is -0.330 e. The molecule has 2 unspecified atom stereocenters. The molecule has 2 aliphatic rings. The molecular formula is C14H18BrClN2. The lowest BCUT2D eigenvalue weighted by atomic mass is 9.94. The van der Waals surface area contributed by atoms with E-state index in [0.717, 1.165) is 22.1 Å². The first-order valence-electron chi connectivity index (χ1n) is 6.61. The topological polar surface area (TPSA) is 29.3 Å². The molecule has 98 valence electrons. The first kappa shape index (κ1) is 12.9. The van der Waals surface area contributed by atoms with Gasteiger partial charge in [-0.2, -0.15) is 0 Å². The van der Waals surface area contributed by atoms with E-state index in [4.69, 9.17) is 17.3 Å². The zero-order valence-electron chi connectivity index (χ0n) is 10.3. The van der Waals surface area contributed by atoms with Crippen molar-refractivity contribution in [3.8, 4) is 0 Å². The Morgan fingerprint density at radius 2 is 2.11 bits per heavy atom. The highest BCUT2D eigenvalue weighted by molar-refractivity contribution is 9.10. The summed E-state index contributed by atoms with van der Waals surface area (Å²) in [5, 5.41) is 0.783. The first-order chi connectivity index (χ1) is 8.70. The van der Waals surface area contributed by atoms with Crippen molar-refractivity contribution in [2.75, 3.05) is 13.1 Å². The van der Waals surface area contributed by atoms with Crippen LogP contribution in [0.25, 0.3) is 0 Å². The Morgan fingerprint density at radius 3 is 2.72 bits per heavy atom. The third kappa shape index (κ3) is 2.34. The molecule has 1 saturated heterocycles. The summed E-state index contributed by atoms with van der Waals surface area (Å²) in [5.41, 5.74) is 7.30. The predicted octanol–water partition coefficient (Wildman–Crippen LogP) is 3.59. The Labute approximate surface area is 122 Å². The van der Waals surface area contributed by atoms with Crippen LogP contribution in [0.5, 0.6) is 0 Å². The Morgan fingerprint density at radius 1 is 1.33 bits per heavy atom. The van der Waals surface area contributed by atoms with Gasteiger partial charge in [0.2, 0.25) is 0 Å². The maximum Gasteiger partial charge on any atom is 0.0417 e. The molecule has 18 heavy (non-hydrogen) atoms. The summed E-state index contributed by atoms with van der Waals surface area (Å²) in [5.74, 6) is 0.572. The molecule has 0 radical (unpaired) electrons. The van der Waals surface area contributed by atoms with Crippen LogP contribution in [-0.4, -0.2) is 24.0 Å². The van der Waals surface area contributed by atoms with Crippen molar-refractivity contribution >= 4 is 27.5 Å². The minimum absolute atomic E-state index is 0.467. The summed E-state index contributed by atoms with van der Waals surface area (Å²) in [6, 6.07) is 7.38. The van der Waals surface area contributed by atoms with Crippen LogP contribution in [0.1, 0.15) is 30.9 Å². The Kier molecular flexibility index (Phi) is 3.68. The van der Waals surface area contributed by atoms with Gasteiger partial charge in [0, 0.05) is 21.6 Å². The molecule has 1 heterocycles. The van der Waals surface area contributed by atoms with Crippen LogP contribution >= 0.6 is 27.5 Å². The summed E-state index contributed by atoms with van der Waals surface area (Å²) < 4.78 is 1.12. The summed E-state index contributed by atoms with van der Waals surface area (Å²) >= 11 is 9.70. The van der Waals surface area contributed by atoms with Gasteiger partial charge in [0.1, 0.15) is 0 Å². The largest absolute Gasteiger partial charge is 0.330 e. The predicted molar refractivity (Wildman–Crippen MR) is 78.8 cm³/mol. The van der Waals surface area contributed by atoms with E-state index in [-0.39, 0.29) is 0 Å². The van der Waals surface area contributed by atoms with Crippen LogP contribution in [0.15, 0.2) is 22.7 Å². The molecular weight excluding hydrogens is 312 g/mol. The number of nitrogens with two attached hydrogens (primary N) is 1. The lowest BCUT2D eigenvalue weighted by Crippen LogP contribution is -2.30. The summed E-state index contributed by atoms with van der Waals surface area (Å²) in [6.45, 7) is 1.95. The van der Waals surface area contributed by atoms with Gasteiger partial charge in [0.25, 0.3) is 0 Å². The van der Waals surface area contributed by atoms with Gasteiger partial charge in [0.15, 0.2) is 0 Å². The minimum atomic E-state index is 0.467. The fourth-order valence-electron chi connectivity index (χ4n) is 3.12. The Bertz CT molecular complexity index is 447. The molecule has 3 rings (SSSR count). The molecule has 0 bridgehead atoms. The summed E-state index contributed by atoms with van der Waals surface area (Å²) in [7, 11) is 0. The summed E-state index contributed by atoms with van der Waals surface area (Å²) in [4.78, 5) is 2.64. The fraction of sp³-hybridized carbons (Fsp3) is 0.571. The van der Waals surface area contributed by atoms with Gasteiger partial charge in [-0.3, -0.25) is 4.90 Å². The molecule has 2 fully saturated rings. The molecule has 4 heteroatoms. The molecule has 0 aromatic heterocycles. The van der Waals surface area contributed by atoms with E-state index in [2.05, 4.69) is 26.9 Å². The van der Waals surface area contributed by atoms with E-state index < -0.39 is 0 Å². The van der Waals surface area contributed by atoms with Crippen LogP contribution in [0.3, 0.4) is 0 Å². The van der Waals surface area contributed by atoms with Gasteiger partial charge in [-0.1, -0.05) is 33.6 Å². The van der Waals surface area contributed by atoms with Crippen LogP contribution < -0.4 is 5.73 Å². The van der Waals surface area contributed by atoms with E-state index in [1.165, 1.54) is 31.4 Å². The normalized spacial score (nSPS) is 28.8. The van der Waals surface area contributed by atoms with Crippen molar-refractivity contribution in [3.05, 3.63) is 33.3 Å². The molecule has 1 aliphatic carbocycles. The Hall–Kier alpha value is -0.0900. The smallest absolute Gasteiger partial charge is 0.0417 e. The molecule has 1 aromatic carbocycles. The molecule has 0 amide bonds. The number of hydrogen-bond acceptors (Lipinski definition) is 2. The van der Waals surface area contributed by atoms with Gasteiger partial charge in [-0.05, 0) is 56.0 Å². The quantitative estimate of drug-likeness (QED) is 0.918. The lowest BCUT2D eigenvalue weighted by molar-refractivity contribution is 0.220. The molecule has 2 nitrogen and oxygen atoms in total. The second-order valence-electron chi connectivity index (χ2n) is 5.36. The second-order valence-corrected chi connectivity index (χ2v) is 6.65. The molecule has 2 N–H and O–H groups in total. The zero-order chi connectivity index (χ0) is 12.7. The van der Waals surface area contributed by atoms with Crippen LogP contribution in [0.2, 0.25) is 5.02 Å². The van der Waals surface area contributed by atoms with Crippen molar-refractivity contribution in [1.29, 1.82) is 0 Å². The number of nitrogens with zero attached hydrogens (tertiary/aromatic N) is 1. The van der Waals surface area contributed by atoms with Gasteiger partial charge in [-0.15, -0.1) is 0 Å². The van der Waals surface area contributed by atoms with Crippen molar-refractivity contribution in [3.63, 3.8) is 0 Å². The molecule has 1 aliphatic heterocycles. The van der Waals surface area contributed by atoms with E-state index in [1.54, 1.807) is 0 Å². The molecule has 1 aromatic rings. The van der Waals surface area contributed by atoms with E-state index in [9.17, 15) is 0 Å². The van der Waals surface area contributed by atoms with Crippen LogP contribution in [0, 0.1) is 5.92 Å². The monoisotopic (exact) mass is 328 g/mol. The first-order valence-corrected chi connectivity index (χ1v) is 7.78. The SMILES string of the molecule is NCC1CCN(C2CC2)C1c1ccc(Cl)cc1Br. The highest BCUT2D eigenvalue weighted by Crippen LogP contribution is 2.45. The van der Waals surface area contributed by atoms with Gasteiger partial charge < -0.3 is 5.73 Å². The van der Waals surface area contributed by atoms with Crippen molar-refractivity contribution in [2.45, 2.75) is 31.3 Å². The molecule has 0 spiro atoms. The van der Waals surface area contributed by atoms with E-state index >= 15 is 0 Å². The summed E-state index contributed by atoms with van der Waals surface area (Å²) in [6.07, 6.45) is 3.91. The van der Waals surface area contributed by atoms with Crippen molar-refractivity contribution in [1.82, 2.24) is 4.90 Å². The number of halogens is 2. The average molecular weight is 330 g/mol. The highest BCUT2D eigenvalue weighted by atomic mass is 79.9. The number of hydrogen-bond donors (Lipinski definition) is 1. The third-order valence-corrected chi connectivity index (χ3v) is 5.08. The number of likely N-dealkylation sites (tertiary alicyclic amines) is 1. The number of rotatable bonds is 3.